The molecule has 0 spiro atoms. The number of carbonyl (C=O) groups excluding carboxylic acids is 2. The molecule has 4 rings (SSSR count). The van der Waals surface area contributed by atoms with Crippen LogP contribution in [0.4, 0.5) is 5.69 Å². The summed E-state index contributed by atoms with van der Waals surface area (Å²) < 4.78 is 5.60. The number of esters is 1. The summed E-state index contributed by atoms with van der Waals surface area (Å²) >= 11 is 12.0. The summed E-state index contributed by atoms with van der Waals surface area (Å²) in [5.41, 5.74) is 3.02. The van der Waals surface area contributed by atoms with Crippen molar-refractivity contribution >= 4 is 57.8 Å². The van der Waals surface area contributed by atoms with Crippen LogP contribution in [0.1, 0.15) is 26.3 Å². The Hall–Kier alpha value is -4.27. The van der Waals surface area contributed by atoms with E-state index in [1.54, 1.807) is 12.1 Å². The fraction of sp³-hybridized carbons (Fsp3) is 0. The molecule has 1 amide bonds. The van der Waals surface area contributed by atoms with Crippen molar-refractivity contribution in [3.8, 4) is 5.75 Å². The number of non-ortho nitro benzene ring substituents is 1. The highest BCUT2D eigenvalue weighted by Crippen LogP contribution is 2.29. The Morgan fingerprint density at radius 2 is 1.71 bits per heavy atom. The van der Waals surface area contributed by atoms with Gasteiger partial charge in [-0.1, -0.05) is 53.5 Å². The van der Waals surface area contributed by atoms with E-state index in [4.69, 9.17) is 27.9 Å². The quantitative estimate of drug-likeness (QED) is 0.112. The van der Waals surface area contributed by atoms with Crippen LogP contribution in [0, 0.1) is 10.1 Å². The Balaban J connectivity index is 1.61. The molecule has 0 heterocycles. The summed E-state index contributed by atoms with van der Waals surface area (Å²) in [5, 5.41) is 16.9. The molecule has 0 saturated heterocycles. The first-order chi connectivity index (χ1) is 16.8. The van der Waals surface area contributed by atoms with Gasteiger partial charge < -0.3 is 4.74 Å². The van der Waals surface area contributed by atoms with Gasteiger partial charge in [0.2, 0.25) is 0 Å². The Bertz CT molecular complexity index is 1490. The number of nitro groups is 1. The zero-order valence-electron chi connectivity index (χ0n) is 17.8. The maximum atomic E-state index is 12.8. The topological polar surface area (TPSA) is 111 Å². The van der Waals surface area contributed by atoms with Crippen LogP contribution < -0.4 is 10.2 Å². The van der Waals surface area contributed by atoms with Crippen LogP contribution in [-0.2, 0) is 0 Å². The second-order valence-electron chi connectivity index (χ2n) is 7.22. The van der Waals surface area contributed by atoms with E-state index in [1.807, 2.05) is 24.3 Å². The van der Waals surface area contributed by atoms with Crippen molar-refractivity contribution in [2.45, 2.75) is 0 Å². The summed E-state index contributed by atoms with van der Waals surface area (Å²) in [6.07, 6.45) is 1.36. The first-order valence-corrected chi connectivity index (χ1v) is 10.9. The lowest BCUT2D eigenvalue weighted by Crippen LogP contribution is -2.17. The zero-order valence-corrected chi connectivity index (χ0v) is 19.3. The van der Waals surface area contributed by atoms with Crippen molar-refractivity contribution in [3.05, 3.63) is 116 Å². The van der Waals surface area contributed by atoms with Gasteiger partial charge in [0.05, 0.1) is 21.7 Å². The lowest BCUT2D eigenvalue weighted by molar-refractivity contribution is -0.384. The number of carbonyl (C=O) groups is 2. The first kappa shape index (κ1) is 23.9. The summed E-state index contributed by atoms with van der Waals surface area (Å²) in [5.74, 6) is -1.05. The molecule has 4 aromatic carbocycles. The highest BCUT2D eigenvalue weighted by atomic mass is 35.5. The van der Waals surface area contributed by atoms with Crippen molar-refractivity contribution in [2.75, 3.05) is 0 Å². The van der Waals surface area contributed by atoms with Crippen LogP contribution in [0.3, 0.4) is 0 Å². The van der Waals surface area contributed by atoms with E-state index in [9.17, 15) is 19.7 Å². The van der Waals surface area contributed by atoms with E-state index in [0.717, 1.165) is 10.8 Å². The number of fused-ring (bicyclic) bond motifs is 1. The van der Waals surface area contributed by atoms with Crippen LogP contribution in [-0.4, -0.2) is 23.0 Å². The van der Waals surface area contributed by atoms with E-state index in [-0.39, 0.29) is 27.6 Å². The molecule has 8 nitrogen and oxygen atoms in total. The van der Waals surface area contributed by atoms with Gasteiger partial charge >= 0.3 is 5.97 Å². The minimum atomic E-state index is -0.688. The molecular weight excluding hydrogens is 493 g/mol. The number of benzene rings is 4. The minimum absolute atomic E-state index is 0.131. The highest BCUT2D eigenvalue weighted by Gasteiger charge is 2.16. The molecule has 0 unspecified atom stereocenters. The van der Waals surface area contributed by atoms with Crippen molar-refractivity contribution in [3.63, 3.8) is 0 Å². The number of nitro benzene ring substituents is 1. The molecule has 10 heteroatoms. The second-order valence-corrected chi connectivity index (χ2v) is 8.06. The number of nitrogens with one attached hydrogen (secondary N) is 1. The van der Waals surface area contributed by atoms with E-state index in [0.29, 0.717) is 10.6 Å². The van der Waals surface area contributed by atoms with Crippen molar-refractivity contribution in [2.24, 2.45) is 5.10 Å². The van der Waals surface area contributed by atoms with Gasteiger partial charge in [0.25, 0.3) is 11.6 Å². The van der Waals surface area contributed by atoms with Crippen LogP contribution in [0.5, 0.6) is 5.75 Å². The standard InChI is InChI=1S/C25H15Cl2N3O5/c26-17-8-11-20(22(27)13-17)25(32)35-23-12-7-15-3-1-2-4-19(15)21(23)14-28-29-24(31)16-5-9-18(10-6-16)30(33)34/h1-14H,(H,29,31)/b28-14+. The smallest absolute Gasteiger partial charge is 0.345 e. The molecule has 4 aromatic rings. The Kier molecular flexibility index (Phi) is 7.05. The molecule has 0 bridgehead atoms. The first-order valence-electron chi connectivity index (χ1n) is 10.1. The Morgan fingerprint density at radius 1 is 0.971 bits per heavy atom. The van der Waals surface area contributed by atoms with Crippen LogP contribution in [0.15, 0.2) is 84.0 Å². The normalized spacial score (nSPS) is 10.9. The molecule has 0 aromatic heterocycles. The molecule has 0 radical (unpaired) electrons. The number of ether oxygens (including phenoxy) is 1. The molecule has 0 aliphatic rings. The number of halogens is 2. The van der Waals surface area contributed by atoms with E-state index in [2.05, 4.69) is 10.5 Å². The molecule has 1 N–H and O–H groups in total. The summed E-state index contributed by atoms with van der Waals surface area (Å²) in [6.45, 7) is 0. The lowest BCUT2D eigenvalue weighted by atomic mass is 10.0. The Labute approximate surface area is 208 Å². The molecule has 174 valence electrons. The predicted molar refractivity (Wildman–Crippen MR) is 134 cm³/mol. The zero-order chi connectivity index (χ0) is 24.9. The van der Waals surface area contributed by atoms with Gasteiger partial charge in [0.15, 0.2) is 0 Å². The number of amides is 1. The van der Waals surface area contributed by atoms with Crippen LogP contribution >= 0.6 is 23.2 Å². The second kappa shape index (κ2) is 10.3. The van der Waals surface area contributed by atoms with E-state index >= 15 is 0 Å². The van der Waals surface area contributed by atoms with Gasteiger partial charge in [-0.25, -0.2) is 10.2 Å². The van der Waals surface area contributed by atoms with Crippen LogP contribution in [0.2, 0.25) is 10.0 Å². The van der Waals surface area contributed by atoms with Crippen molar-refractivity contribution in [1.82, 2.24) is 5.43 Å². The third kappa shape index (κ3) is 5.46. The number of nitrogens with zero attached hydrogens (tertiary/aromatic N) is 2. The molecule has 0 aliphatic carbocycles. The predicted octanol–water partition coefficient (Wildman–Crippen LogP) is 6.04. The fourth-order valence-corrected chi connectivity index (χ4v) is 3.75. The van der Waals surface area contributed by atoms with Gasteiger partial charge in [0.1, 0.15) is 5.75 Å². The fourth-order valence-electron chi connectivity index (χ4n) is 3.26. The summed E-state index contributed by atoms with van der Waals surface area (Å²) in [4.78, 5) is 35.4. The van der Waals surface area contributed by atoms with Crippen molar-refractivity contribution in [1.29, 1.82) is 0 Å². The molecular formula is C25H15Cl2N3O5. The lowest BCUT2D eigenvalue weighted by Gasteiger charge is -2.11. The Morgan fingerprint density at radius 3 is 2.43 bits per heavy atom. The minimum Gasteiger partial charge on any atom is -0.422 e. The number of hydrogen-bond acceptors (Lipinski definition) is 6. The number of hydrazone groups is 1. The van der Waals surface area contributed by atoms with Gasteiger partial charge in [-0.3, -0.25) is 14.9 Å². The maximum Gasteiger partial charge on any atom is 0.345 e. The van der Waals surface area contributed by atoms with Gasteiger partial charge in [-0.05, 0) is 47.2 Å². The van der Waals surface area contributed by atoms with Crippen LogP contribution in [0.25, 0.3) is 10.8 Å². The summed E-state index contributed by atoms with van der Waals surface area (Å²) in [7, 11) is 0. The average Bonchev–Trinajstić information content (AvgIpc) is 2.85. The largest absolute Gasteiger partial charge is 0.422 e. The van der Waals surface area contributed by atoms with Gasteiger partial charge in [-0.2, -0.15) is 5.10 Å². The maximum absolute atomic E-state index is 12.8. The average molecular weight is 508 g/mol. The van der Waals surface area contributed by atoms with E-state index < -0.39 is 16.8 Å². The summed E-state index contributed by atoms with van der Waals surface area (Å²) in [6, 6.07) is 20.3. The molecule has 35 heavy (non-hydrogen) atoms. The van der Waals surface area contributed by atoms with Gasteiger partial charge in [-0.15, -0.1) is 0 Å². The van der Waals surface area contributed by atoms with Crippen molar-refractivity contribution < 1.29 is 19.2 Å². The molecule has 0 fully saturated rings. The third-order valence-electron chi connectivity index (χ3n) is 4.98. The number of hydrogen-bond donors (Lipinski definition) is 1. The molecule has 0 aliphatic heterocycles. The number of rotatable bonds is 6. The molecule has 0 saturated carbocycles. The highest BCUT2D eigenvalue weighted by molar-refractivity contribution is 6.36. The van der Waals surface area contributed by atoms with Gasteiger partial charge in [0, 0.05) is 28.3 Å². The molecule has 0 atom stereocenters. The third-order valence-corrected chi connectivity index (χ3v) is 5.53. The van der Waals surface area contributed by atoms with E-state index in [1.165, 1.54) is 48.7 Å². The monoisotopic (exact) mass is 507 g/mol. The SMILES string of the molecule is O=C(N/N=C/c1c(OC(=O)c2ccc(Cl)cc2Cl)ccc2ccccc12)c1ccc([N+](=O)[O-])cc1.